The first-order valence-electron chi connectivity index (χ1n) is 7.51. The molecule has 0 heterocycles. The second kappa shape index (κ2) is 6.17. The van der Waals surface area contributed by atoms with Crippen molar-refractivity contribution < 1.29 is 19.1 Å². The molecule has 7 heteroatoms. The highest BCUT2D eigenvalue weighted by Crippen LogP contribution is 2.35. The van der Waals surface area contributed by atoms with Crippen molar-refractivity contribution in [3.8, 4) is 0 Å². The molecular formula is C14H24FN3O3. The molecule has 0 aliphatic heterocycles. The molecule has 0 aromatic rings. The maximum Gasteiger partial charge on any atom is 0.317 e. The number of carboxylic acids is 1. The van der Waals surface area contributed by atoms with E-state index < -0.39 is 11.6 Å². The summed E-state index contributed by atoms with van der Waals surface area (Å²) >= 11 is 0. The van der Waals surface area contributed by atoms with E-state index in [1.165, 1.54) is 0 Å². The zero-order chi connectivity index (χ0) is 15.6. The van der Waals surface area contributed by atoms with E-state index in [0.29, 0.717) is 19.4 Å². The molecule has 6 nitrogen and oxygen atoms in total. The molecule has 2 aliphatic rings. The summed E-state index contributed by atoms with van der Waals surface area (Å²) in [5, 5.41) is 14.4. The minimum atomic E-state index is -1.14. The van der Waals surface area contributed by atoms with Gasteiger partial charge in [-0.2, -0.15) is 0 Å². The summed E-state index contributed by atoms with van der Waals surface area (Å²) in [6.07, 6.45) is 2.27. The maximum absolute atomic E-state index is 13.3. The summed E-state index contributed by atoms with van der Waals surface area (Å²) < 4.78 is 13.3. The van der Waals surface area contributed by atoms with E-state index in [0.717, 1.165) is 12.8 Å². The molecule has 0 aromatic carbocycles. The number of hydrogen-bond acceptors (Lipinski definition) is 3. The van der Waals surface area contributed by atoms with Crippen LogP contribution < -0.4 is 10.6 Å². The number of aliphatic carboxylic acids is 1. The van der Waals surface area contributed by atoms with Crippen molar-refractivity contribution in [1.82, 2.24) is 15.5 Å². The van der Waals surface area contributed by atoms with Gasteiger partial charge in [-0.3, -0.25) is 9.69 Å². The summed E-state index contributed by atoms with van der Waals surface area (Å²) in [5.74, 6) is -0.828. The number of rotatable bonds is 6. The topological polar surface area (TPSA) is 81.7 Å². The molecule has 0 saturated heterocycles. The molecule has 0 bridgehead atoms. The van der Waals surface area contributed by atoms with E-state index in [9.17, 15) is 14.0 Å². The smallest absolute Gasteiger partial charge is 0.317 e. The Kier molecular flexibility index (Phi) is 4.70. The molecule has 120 valence electrons. The highest BCUT2D eigenvalue weighted by atomic mass is 19.1. The highest BCUT2D eigenvalue weighted by molar-refractivity contribution is 5.75. The zero-order valence-corrected chi connectivity index (χ0v) is 12.6. The van der Waals surface area contributed by atoms with Crippen molar-refractivity contribution in [1.29, 1.82) is 0 Å². The van der Waals surface area contributed by atoms with Crippen molar-refractivity contribution in [3.63, 3.8) is 0 Å². The van der Waals surface area contributed by atoms with Gasteiger partial charge >= 0.3 is 12.0 Å². The standard InChI is InChI=1S/C14H24FN3O3/c1-3-18(8-12(19)20)11-4-9(5-11)16-13(21)17-10-6-14(2,15)7-10/h9-11H,3-8H2,1-2H3,(H,19,20)(H2,16,17,21). The van der Waals surface area contributed by atoms with Gasteiger partial charge in [-0.05, 0) is 26.3 Å². The third kappa shape index (κ3) is 4.30. The number of urea groups is 1. The van der Waals surface area contributed by atoms with Crippen LogP contribution in [0.3, 0.4) is 0 Å². The number of nitrogens with zero attached hydrogens (tertiary/aromatic N) is 1. The van der Waals surface area contributed by atoms with Crippen LogP contribution in [-0.4, -0.2) is 58.9 Å². The normalized spacial score (nSPS) is 34.8. The fourth-order valence-corrected chi connectivity index (χ4v) is 3.16. The van der Waals surface area contributed by atoms with Crippen LogP contribution in [0.15, 0.2) is 0 Å². The third-order valence-electron chi connectivity index (χ3n) is 4.39. The average molecular weight is 301 g/mol. The van der Waals surface area contributed by atoms with Crippen molar-refractivity contribution in [2.24, 2.45) is 0 Å². The van der Waals surface area contributed by atoms with E-state index >= 15 is 0 Å². The molecule has 2 amide bonds. The molecular weight excluding hydrogens is 277 g/mol. The second-order valence-corrected chi connectivity index (χ2v) is 6.42. The Hall–Kier alpha value is -1.37. The van der Waals surface area contributed by atoms with Gasteiger partial charge < -0.3 is 15.7 Å². The first-order chi connectivity index (χ1) is 9.79. The van der Waals surface area contributed by atoms with Gasteiger partial charge in [0.2, 0.25) is 0 Å². The zero-order valence-electron chi connectivity index (χ0n) is 12.6. The summed E-state index contributed by atoms with van der Waals surface area (Å²) in [4.78, 5) is 24.4. The van der Waals surface area contributed by atoms with Gasteiger partial charge in [0.05, 0.1) is 6.54 Å². The van der Waals surface area contributed by atoms with Gasteiger partial charge in [0, 0.05) is 31.0 Å². The highest BCUT2D eigenvalue weighted by Gasteiger charge is 2.42. The second-order valence-electron chi connectivity index (χ2n) is 6.42. The van der Waals surface area contributed by atoms with Crippen LogP contribution in [0.2, 0.25) is 0 Å². The minimum absolute atomic E-state index is 0.0389. The Morgan fingerprint density at radius 2 is 1.86 bits per heavy atom. The lowest BCUT2D eigenvalue weighted by molar-refractivity contribution is -0.139. The van der Waals surface area contributed by atoms with Gasteiger partial charge in [0.25, 0.3) is 0 Å². The predicted octanol–water partition coefficient (Wildman–Crippen LogP) is 1.11. The van der Waals surface area contributed by atoms with Crippen LogP contribution in [0.4, 0.5) is 9.18 Å². The number of carboxylic acid groups (broad SMARTS) is 1. The fraction of sp³-hybridized carbons (Fsp3) is 0.857. The number of nitrogens with one attached hydrogen (secondary N) is 2. The van der Waals surface area contributed by atoms with Crippen molar-refractivity contribution in [3.05, 3.63) is 0 Å². The molecule has 0 aromatic heterocycles. The maximum atomic E-state index is 13.3. The Labute approximate surface area is 124 Å². The summed E-state index contributed by atoms with van der Waals surface area (Å²) in [7, 11) is 0. The molecule has 0 radical (unpaired) electrons. The lowest BCUT2D eigenvalue weighted by Crippen LogP contribution is -2.59. The van der Waals surface area contributed by atoms with Gasteiger partial charge in [-0.1, -0.05) is 6.92 Å². The summed E-state index contributed by atoms with van der Waals surface area (Å²) in [6.45, 7) is 4.20. The van der Waals surface area contributed by atoms with Crippen molar-refractivity contribution in [2.45, 2.75) is 63.3 Å². The predicted molar refractivity (Wildman–Crippen MR) is 75.9 cm³/mol. The van der Waals surface area contributed by atoms with Crippen molar-refractivity contribution in [2.75, 3.05) is 13.1 Å². The van der Waals surface area contributed by atoms with Gasteiger partial charge in [-0.15, -0.1) is 0 Å². The van der Waals surface area contributed by atoms with E-state index in [4.69, 9.17) is 5.11 Å². The van der Waals surface area contributed by atoms with E-state index in [1.807, 2.05) is 11.8 Å². The molecule has 0 spiro atoms. The van der Waals surface area contributed by atoms with Crippen LogP contribution in [0.1, 0.15) is 39.5 Å². The number of hydrogen-bond donors (Lipinski definition) is 3. The summed E-state index contributed by atoms with van der Waals surface area (Å²) in [5.41, 5.74) is -1.14. The summed E-state index contributed by atoms with van der Waals surface area (Å²) in [6, 6.07) is -0.0285. The molecule has 0 atom stereocenters. The molecule has 2 aliphatic carbocycles. The van der Waals surface area contributed by atoms with Gasteiger partial charge in [0.15, 0.2) is 0 Å². The monoisotopic (exact) mass is 301 g/mol. The van der Waals surface area contributed by atoms with Crippen LogP contribution in [0.5, 0.6) is 0 Å². The van der Waals surface area contributed by atoms with Crippen molar-refractivity contribution >= 4 is 12.0 Å². The molecule has 0 unspecified atom stereocenters. The quantitative estimate of drug-likeness (QED) is 0.686. The largest absolute Gasteiger partial charge is 0.480 e. The fourth-order valence-electron chi connectivity index (χ4n) is 3.16. The van der Waals surface area contributed by atoms with E-state index in [1.54, 1.807) is 6.92 Å². The molecule has 2 rings (SSSR count). The average Bonchev–Trinajstić information content (AvgIpc) is 2.28. The third-order valence-corrected chi connectivity index (χ3v) is 4.39. The Bertz CT molecular complexity index is 402. The SMILES string of the molecule is CCN(CC(=O)O)C1CC(NC(=O)NC2CC(C)(F)C2)C1. The number of carbonyl (C=O) groups is 2. The number of alkyl halides is 1. The van der Waals surface area contributed by atoms with Gasteiger partial charge in [0.1, 0.15) is 5.67 Å². The number of amides is 2. The van der Waals surface area contributed by atoms with Crippen LogP contribution >= 0.6 is 0 Å². The first kappa shape index (κ1) is 16.0. The number of halogens is 1. The van der Waals surface area contributed by atoms with Crippen LogP contribution in [0, 0.1) is 0 Å². The lowest BCUT2D eigenvalue weighted by atomic mass is 9.79. The van der Waals surface area contributed by atoms with Gasteiger partial charge in [-0.25, -0.2) is 9.18 Å². The number of likely N-dealkylation sites (N-methyl/N-ethyl adjacent to an activating group) is 1. The van der Waals surface area contributed by atoms with E-state index in [2.05, 4.69) is 10.6 Å². The van der Waals surface area contributed by atoms with Crippen LogP contribution in [-0.2, 0) is 4.79 Å². The van der Waals surface area contributed by atoms with E-state index in [-0.39, 0.29) is 30.7 Å². The molecule has 2 saturated carbocycles. The Morgan fingerprint density at radius 3 is 2.33 bits per heavy atom. The number of carbonyl (C=O) groups excluding carboxylic acids is 1. The van der Waals surface area contributed by atoms with Crippen LogP contribution in [0.25, 0.3) is 0 Å². The molecule has 2 fully saturated rings. The Balaban J connectivity index is 1.63. The lowest BCUT2D eigenvalue weighted by Gasteiger charge is -2.43. The Morgan fingerprint density at radius 1 is 1.29 bits per heavy atom. The first-order valence-corrected chi connectivity index (χ1v) is 7.51. The molecule has 3 N–H and O–H groups in total. The minimum Gasteiger partial charge on any atom is -0.480 e. The molecule has 21 heavy (non-hydrogen) atoms.